The standard InChI is InChI=1S/C28H32N2O3S/c1-4-26(23-15-14-21-9-5-6-10-22(21)17-23)29-28(31)24-13-12-20(3)27(18-24)34(32,33)30-25-11-7-8-19(2)16-25/h7-8,11-18,26,30H,4-6,9-10H2,1-3H3,(H,29,31)/t26-/m1/s1. The molecule has 3 aromatic carbocycles. The molecule has 34 heavy (non-hydrogen) atoms. The number of hydrogen-bond donors (Lipinski definition) is 2. The summed E-state index contributed by atoms with van der Waals surface area (Å²) in [6, 6.07) is 18.4. The van der Waals surface area contributed by atoms with Crippen LogP contribution in [-0.2, 0) is 22.9 Å². The maximum absolute atomic E-state index is 13.1. The molecular weight excluding hydrogens is 444 g/mol. The number of amides is 1. The predicted molar refractivity (Wildman–Crippen MR) is 137 cm³/mol. The monoisotopic (exact) mass is 476 g/mol. The van der Waals surface area contributed by atoms with E-state index in [4.69, 9.17) is 0 Å². The van der Waals surface area contributed by atoms with Gasteiger partial charge < -0.3 is 5.32 Å². The van der Waals surface area contributed by atoms with Crippen LogP contribution in [0, 0.1) is 13.8 Å². The number of anilines is 1. The van der Waals surface area contributed by atoms with E-state index in [0.29, 0.717) is 16.8 Å². The van der Waals surface area contributed by atoms with Gasteiger partial charge in [-0.05, 0) is 98.0 Å². The summed E-state index contributed by atoms with van der Waals surface area (Å²) in [4.78, 5) is 13.2. The molecule has 1 amide bonds. The minimum Gasteiger partial charge on any atom is -0.345 e. The molecule has 0 unspecified atom stereocenters. The highest BCUT2D eigenvalue weighted by Crippen LogP contribution is 2.27. The molecule has 0 fully saturated rings. The lowest BCUT2D eigenvalue weighted by molar-refractivity contribution is 0.0935. The van der Waals surface area contributed by atoms with Gasteiger partial charge in [-0.25, -0.2) is 8.42 Å². The van der Waals surface area contributed by atoms with Gasteiger partial charge in [0.05, 0.1) is 10.9 Å². The number of benzene rings is 3. The first-order valence-electron chi connectivity index (χ1n) is 11.9. The molecule has 4 rings (SSSR count). The van der Waals surface area contributed by atoms with Crippen LogP contribution >= 0.6 is 0 Å². The molecule has 1 atom stereocenters. The third-order valence-electron chi connectivity index (χ3n) is 6.50. The molecule has 0 aliphatic heterocycles. The Balaban J connectivity index is 1.56. The van der Waals surface area contributed by atoms with Gasteiger partial charge in [-0.3, -0.25) is 9.52 Å². The fourth-order valence-corrected chi connectivity index (χ4v) is 5.90. The maximum atomic E-state index is 13.1. The number of nitrogens with one attached hydrogen (secondary N) is 2. The van der Waals surface area contributed by atoms with Crippen molar-refractivity contribution >= 4 is 21.6 Å². The van der Waals surface area contributed by atoms with Crippen molar-refractivity contribution in [2.45, 2.75) is 63.8 Å². The molecule has 0 bridgehead atoms. The Kier molecular flexibility index (Phi) is 7.08. The highest BCUT2D eigenvalue weighted by Gasteiger charge is 2.21. The molecule has 6 heteroatoms. The van der Waals surface area contributed by atoms with Crippen molar-refractivity contribution in [2.75, 3.05) is 4.72 Å². The van der Waals surface area contributed by atoms with Gasteiger partial charge >= 0.3 is 0 Å². The Morgan fingerprint density at radius 1 is 0.941 bits per heavy atom. The summed E-state index contributed by atoms with van der Waals surface area (Å²) in [5, 5.41) is 3.11. The van der Waals surface area contributed by atoms with Crippen LogP contribution in [-0.4, -0.2) is 14.3 Å². The van der Waals surface area contributed by atoms with Gasteiger partial charge in [0, 0.05) is 11.3 Å². The van der Waals surface area contributed by atoms with E-state index in [0.717, 1.165) is 30.4 Å². The number of carbonyl (C=O) groups excluding carboxylic acids is 1. The summed E-state index contributed by atoms with van der Waals surface area (Å²) in [6.45, 7) is 5.68. The average molecular weight is 477 g/mol. The Hall–Kier alpha value is -3.12. The van der Waals surface area contributed by atoms with Crippen molar-refractivity contribution in [1.82, 2.24) is 5.32 Å². The number of hydrogen-bond acceptors (Lipinski definition) is 3. The van der Waals surface area contributed by atoms with Gasteiger partial charge in [-0.2, -0.15) is 0 Å². The second kappa shape index (κ2) is 10.0. The second-order valence-electron chi connectivity index (χ2n) is 9.12. The summed E-state index contributed by atoms with van der Waals surface area (Å²) in [5.74, 6) is -0.281. The van der Waals surface area contributed by atoms with Gasteiger partial charge in [0.1, 0.15) is 0 Å². The van der Waals surface area contributed by atoms with Gasteiger partial charge in [-0.15, -0.1) is 0 Å². The van der Waals surface area contributed by atoms with E-state index >= 15 is 0 Å². The fourth-order valence-electron chi connectivity index (χ4n) is 4.58. The SMILES string of the molecule is CC[C@@H](NC(=O)c1ccc(C)c(S(=O)(=O)Nc2cccc(C)c2)c1)c1ccc2c(c1)CCCC2. The number of sulfonamides is 1. The molecule has 2 N–H and O–H groups in total. The Morgan fingerprint density at radius 3 is 2.44 bits per heavy atom. The molecule has 5 nitrogen and oxygen atoms in total. The average Bonchev–Trinajstić information content (AvgIpc) is 2.82. The fraction of sp³-hybridized carbons (Fsp3) is 0.321. The van der Waals surface area contributed by atoms with Crippen LogP contribution in [0.1, 0.15) is 70.4 Å². The summed E-state index contributed by atoms with van der Waals surface area (Å²) >= 11 is 0. The zero-order valence-corrected chi connectivity index (χ0v) is 20.8. The molecule has 0 saturated heterocycles. The third-order valence-corrected chi connectivity index (χ3v) is 8.02. The molecule has 178 valence electrons. The van der Waals surface area contributed by atoms with E-state index in [-0.39, 0.29) is 16.8 Å². The van der Waals surface area contributed by atoms with Crippen LogP contribution in [0.15, 0.2) is 65.6 Å². The van der Waals surface area contributed by atoms with Crippen LogP contribution in [0.25, 0.3) is 0 Å². The summed E-state index contributed by atoms with van der Waals surface area (Å²) in [6.07, 6.45) is 5.39. The van der Waals surface area contributed by atoms with Gasteiger partial charge in [0.15, 0.2) is 0 Å². The quantitative estimate of drug-likeness (QED) is 0.448. The van der Waals surface area contributed by atoms with E-state index in [1.807, 2.05) is 19.9 Å². The first kappa shape index (κ1) is 24.0. The first-order valence-corrected chi connectivity index (χ1v) is 13.4. The van der Waals surface area contributed by atoms with Crippen molar-refractivity contribution in [2.24, 2.45) is 0 Å². The summed E-state index contributed by atoms with van der Waals surface area (Å²) in [5.41, 5.74) is 6.24. The zero-order chi connectivity index (χ0) is 24.3. The van der Waals surface area contributed by atoms with E-state index < -0.39 is 10.0 Å². The van der Waals surface area contributed by atoms with Crippen LogP contribution in [0.3, 0.4) is 0 Å². The van der Waals surface area contributed by atoms with Crippen molar-refractivity contribution in [3.63, 3.8) is 0 Å². The molecule has 1 aliphatic carbocycles. The lowest BCUT2D eigenvalue weighted by atomic mass is 9.88. The zero-order valence-electron chi connectivity index (χ0n) is 20.0. The van der Waals surface area contributed by atoms with Crippen LogP contribution in [0.5, 0.6) is 0 Å². The minimum absolute atomic E-state index is 0.100. The highest BCUT2D eigenvalue weighted by atomic mass is 32.2. The van der Waals surface area contributed by atoms with E-state index in [2.05, 4.69) is 28.2 Å². The molecule has 0 radical (unpaired) electrons. The summed E-state index contributed by atoms with van der Waals surface area (Å²) in [7, 11) is -3.84. The maximum Gasteiger partial charge on any atom is 0.262 e. The topological polar surface area (TPSA) is 75.3 Å². The minimum atomic E-state index is -3.84. The van der Waals surface area contributed by atoms with Crippen molar-refractivity contribution < 1.29 is 13.2 Å². The second-order valence-corrected chi connectivity index (χ2v) is 10.8. The largest absolute Gasteiger partial charge is 0.345 e. The number of rotatable bonds is 7. The third kappa shape index (κ3) is 5.33. The van der Waals surface area contributed by atoms with Gasteiger partial charge in [0.25, 0.3) is 15.9 Å². The van der Waals surface area contributed by atoms with Crippen molar-refractivity contribution in [1.29, 1.82) is 0 Å². The number of aryl methyl sites for hydroxylation is 4. The predicted octanol–water partition coefficient (Wildman–Crippen LogP) is 5.86. The molecule has 3 aromatic rings. The lowest BCUT2D eigenvalue weighted by Gasteiger charge is -2.22. The molecule has 0 aromatic heterocycles. The Labute approximate surface area is 202 Å². The molecule has 0 saturated carbocycles. The first-order chi connectivity index (χ1) is 16.3. The smallest absolute Gasteiger partial charge is 0.262 e. The lowest BCUT2D eigenvalue weighted by Crippen LogP contribution is -2.28. The van der Waals surface area contributed by atoms with E-state index in [1.165, 1.54) is 30.0 Å². The Morgan fingerprint density at radius 2 is 1.71 bits per heavy atom. The molecule has 0 heterocycles. The molecular formula is C28H32N2O3S. The molecule has 1 aliphatic rings. The number of carbonyl (C=O) groups is 1. The highest BCUT2D eigenvalue weighted by molar-refractivity contribution is 7.92. The van der Waals surface area contributed by atoms with Crippen molar-refractivity contribution in [3.8, 4) is 0 Å². The summed E-state index contributed by atoms with van der Waals surface area (Å²) < 4.78 is 28.8. The van der Waals surface area contributed by atoms with E-state index in [1.54, 1.807) is 37.3 Å². The van der Waals surface area contributed by atoms with Gasteiger partial charge in [-0.1, -0.05) is 43.3 Å². The Bertz CT molecular complexity index is 1310. The normalized spacial score (nSPS) is 14.2. The molecule has 0 spiro atoms. The van der Waals surface area contributed by atoms with Crippen molar-refractivity contribution in [3.05, 3.63) is 94.0 Å². The van der Waals surface area contributed by atoms with Crippen LogP contribution in [0.4, 0.5) is 5.69 Å². The van der Waals surface area contributed by atoms with Crippen LogP contribution < -0.4 is 10.0 Å². The number of fused-ring (bicyclic) bond motifs is 1. The van der Waals surface area contributed by atoms with E-state index in [9.17, 15) is 13.2 Å². The van der Waals surface area contributed by atoms with Crippen LogP contribution in [0.2, 0.25) is 0 Å². The van der Waals surface area contributed by atoms with Gasteiger partial charge in [0.2, 0.25) is 0 Å².